The van der Waals surface area contributed by atoms with Crippen LogP contribution in [0.15, 0.2) is 93.2 Å². The number of methoxy groups -OCH3 is 1. The third-order valence-electron chi connectivity index (χ3n) is 4.34. The lowest BCUT2D eigenvalue weighted by molar-refractivity contribution is 0.415. The normalized spacial score (nSPS) is 11.3. The highest BCUT2D eigenvalue weighted by Crippen LogP contribution is 2.34. The van der Waals surface area contributed by atoms with Gasteiger partial charge in [0.05, 0.1) is 12.0 Å². The van der Waals surface area contributed by atoms with Gasteiger partial charge in [0, 0.05) is 16.3 Å². The van der Waals surface area contributed by atoms with Crippen LogP contribution >= 0.6 is 11.6 Å². The summed E-state index contributed by atoms with van der Waals surface area (Å²) in [5, 5.41) is 3.36. The lowest BCUT2D eigenvalue weighted by Gasteiger charge is -2.06. The van der Waals surface area contributed by atoms with Gasteiger partial charge in [0.2, 0.25) is 26.6 Å². The predicted molar refractivity (Wildman–Crippen MR) is 115 cm³/mol. The minimum absolute atomic E-state index is 0.0204. The molecule has 0 radical (unpaired) electrons. The van der Waals surface area contributed by atoms with Crippen LogP contribution in [0.25, 0.3) is 11.5 Å². The highest BCUT2D eigenvalue weighted by atomic mass is 35.5. The number of rotatable bonds is 6. The summed E-state index contributed by atoms with van der Waals surface area (Å²) in [6, 6.07) is 21.9. The van der Waals surface area contributed by atoms with Crippen LogP contribution in [0.5, 0.6) is 5.75 Å². The quantitative estimate of drug-likeness (QED) is 0.421. The van der Waals surface area contributed by atoms with Gasteiger partial charge in [0.25, 0.3) is 0 Å². The zero-order valence-corrected chi connectivity index (χ0v) is 17.4. The van der Waals surface area contributed by atoms with Crippen LogP contribution in [-0.4, -0.2) is 20.5 Å². The minimum Gasteiger partial charge on any atom is -0.497 e. The van der Waals surface area contributed by atoms with Crippen LogP contribution in [0.4, 0.5) is 11.6 Å². The molecule has 0 spiro atoms. The van der Waals surface area contributed by atoms with E-state index in [4.69, 9.17) is 20.8 Å². The highest BCUT2D eigenvalue weighted by Gasteiger charge is 2.28. The van der Waals surface area contributed by atoms with Crippen LogP contribution in [0.1, 0.15) is 0 Å². The van der Waals surface area contributed by atoms with Crippen molar-refractivity contribution in [2.75, 3.05) is 12.4 Å². The number of benzene rings is 3. The fourth-order valence-corrected chi connectivity index (χ4v) is 4.20. The summed E-state index contributed by atoms with van der Waals surface area (Å²) in [7, 11) is -2.35. The Bertz CT molecular complexity index is 1250. The minimum atomic E-state index is -3.92. The molecule has 0 aliphatic carbocycles. The van der Waals surface area contributed by atoms with E-state index in [0.29, 0.717) is 22.0 Å². The van der Waals surface area contributed by atoms with Crippen LogP contribution in [0, 0.1) is 0 Å². The molecule has 152 valence electrons. The van der Waals surface area contributed by atoms with E-state index in [2.05, 4.69) is 10.3 Å². The van der Waals surface area contributed by atoms with Gasteiger partial charge in [-0.1, -0.05) is 29.8 Å². The third kappa shape index (κ3) is 4.03. The number of ether oxygens (including phenoxy) is 1. The molecule has 4 aromatic rings. The standard InChI is InChI=1S/C22H17ClN2O4S/c1-28-18-13-7-15(8-14-18)20-25-22(30(26,27)19-5-3-2-4-6-19)21(29-20)24-17-11-9-16(23)10-12-17/h2-14,24H,1H3. The first-order chi connectivity index (χ1) is 14.5. The Morgan fingerprint density at radius 2 is 1.60 bits per heavy atom. The zero-order valence-electron chi connectivity index (χ0n) is 15.9. The summed E-state index contributed by atoms with van der Waals surface area (Å²) in [6.07, 6.45) is 0. The summed E-state index contributed by atoms with van der Waals surface area (Å²) in [5.74, 6) is 0.859. The topological polar surface area (TPSA) is 81.4 Å². The number of hydrogen-bond donors (Lipinski definition) is 1. The number of anilines is 2. The molecule has 30 heavy (non-hydrogen) atoms. The largest absolute Gasteiger partial charge is 0.497 e. The van der Waals surface area contributed by atoms with Crippen LogP contribution in [0.2, 0.25) is 5.02 Å². The molecule has 8 heteroatoms. The van der Waals surface area contributed by atoms with Gasteiger partial charge in [0.15, 0.2) is 0 Å². The number of nitrogens with zero attached hydrogens (tertiary/aromatic N) is 1. The van der Waals surface area contributed by atoms with Gasteiger partial charge >= 0.3 is 0 Å². The van der Waals surface area contributed by atoms with Gasteiger partial charge in [0.1, 0.15) is 5.75 Å². The number of aromatic nitrogens is 1. The second kappa shape index (κ2) is 8.22. The van der Waals surface area contributed by atoms with Crippen LogP contribution < -0.4 is 10.1 Å². The Hall–Kier alpha value is -3.29. The maximum Gasteiger partial charge on any atom is 0.238 e. The van der Waals surface area contributed by atoms with Crippen molar-refractivity contribution < 1.29 is 17.6 Å². The second-order valence-corrected chi connectivity index (χ2v) is 8.63. The molecular weight excluding hydrogens is 424 g/mol. The number of oxazole rings is 1. The maximum atomic E-state index is 13.2. The van der Waals surface area contributed by atoms with Crippen molar-refractivity contribution in [3.05, 3.63) is 83.9 Å². The monoisotopic (exact) mass is 440 g/mol. The van der Waals surface area contributed by atoms with Crippen molar-refractivity contribution in [3.8, 4) is 17.2 Å². The van der Waals surface area contributed by atoms with E-state index in [1.54, 1.807) is 73.8 Å². The van der Waals surface area contributed by atoms with Gasteiger partial charge in [-0.05, 0) is 60.7 Å². The Morgan fingerprint density at radius 3 is 2.23 bits per heavy atom. The van der Waals surface area contributed by atoms with E-state index in [0.717, 1.165) is 0 Å². The summed E-state index contributed by atoms with van der Waals surface area (Å²) >= 11 is 5.94. The van der Waals surface area contributed by atoms with Crippen molar-refractivity contribution in [2.24, 2.45) is 0 Å². The predicted octanol–water partition coefficient (Wildman–Crippen LogP) is 5.58. The van der Waals surface area contributed by atoms with Crippen molar-refractivity contribution in [1.82, 2.24) is 4.98 Å². The Morgan fingerprint density at radius 1 is 0.933 bits per heavy atom. The first kappa shape index (κ1) is 20.0. The lowest BCUT2D eigenvalue weighted by atomic mass is 10.2. The molecule has 6 nitrogen and oxygen atoms in total. The molecule has 0 saturated carbocycles. The van der Waals surface area contributed by atoms with Gasteiger partial charge < -0.3 is 14.5 Å². The molecule has 1 aromatic heterocycles. The first-order valence-corrected chi connectivity index (χ1v) is 10.8. The fraction of sp³-hybridized carbons (Fsp3) is 0.0455. The Kier molecular flexibility index (Phi) is 5.48. The van der Waals surface area contributed by atoms with E-state index >= 15 is 0 Å². The van der Waals surface area contributed by atoms with E-state index in [9.17, 15) is 8.42 Å². The summed E-state index contributed by atoms with van der Waals surface area (Å²) < 4.78 is 37.5. The maximum absolute atomic E-state index is 13.2. The third-order valence-corrected chi connectivity index (χ3v) is 6.27. The smallest absolute Gasteiger partial charge is 0.238 e. The summed E-state index contributed by atoms with van der Waals surface area (Å²) in [4.78, 5) is 4.44. The molecule has 0 fully saturated rings. The number of sulfone groups is 1. The summed E-state index contributed by atoms with van der Waals surface area (Å²) in [6.45, 7) is 0. The Balaban J connectivity index is 1.81. The molecule has 0 aliphatic rings. The van der Waals surface area contributed by atoms with Crippen molar-refractivity contribution in [3.63, 3.8) is 0 Å². The van der Waals surface area contributed by atoms with Crippen molar-refractivity contribution in [1.29, 1.82) is 0 Å². The van der Waals surface area contributed by atoms with Gasteiger partial charge in [-0.15, -0.1) is 0 Å². The number of hydrogen-bond acceptors (Lipinski definition) is 6. The van der Waals surface area contributed by atoms with E-state index in [1.807, 2.05) is 0 Å². The average Bonchev–Trinajstić information content (AvgIpc) is 3.20. The molecule has 3 aromatic carbocycles. The highest BCUT2D eigenvalue weighted by molar-refractivity contribution is 7.91. The molecule has 1 N–H and O–H groups in total. The molecule has 4 rings (SSSR count). The lowest BCUT2D eigenvalue weighted by Crippen LogP contribution is -2.05. The van der Waals surface area contributed by atoms with Crippen molar-refractivity contribution >= 4 is 33.0 Å². The SMILES string of the molecule is COc1ccc(-c2nc(S(=O)(=O)c3ccccc3)c(Nc3ccc(Cl)cc3)o2)cc1. The molecule has 0 amide bonds. The Labute approximate surface area is 179 Å². The summed E-state index contributed by atoms with van der Waals surface area (Å²) in [5.41, 5.74) is 1.23. The molecule has 0 aliphatic heterocycles. The fourth-order valence-electron chi connectivity index (χ4n) is 2.80. The van der Waals surface area contributed by atoms with E-state index < -0.39 is 9.84 Å². The molecule has 1 heterocycles. The van der Waals surface area contributed by atoms with E-state index in [-0.39, 0.29) is 21.7 Å². The first-order valence-electron chi connectivity index (χ1n) is 8.95. The van der Waals surface area contributed by atoms with Crippen molar-refractivity contribution in [2.45, 2.75) is 9.92 Å². The molecular formula is C22H17ClN2O4S. The average molecular weight is 441 g/mol. The number of nitrogens with one attached hydrogen (secondary N) is 1. The molecule has 0 atom stereocenters. The van der Waals surface area contributed by atoms with Crippen LogP contribution in [-0.2, 0) is 9.84 Å². The van der Waals surface area contributed by atoms with Gasteiger partial charge in [-0.2, -0.15) is 4.98 Å². The number of halogens is 1. The van der Waals surface area contributed by atoms with Gasteiger partial charge in [-0.3, -0.25) is 0 Å². The molecule has 0 bridgehead atoms. The second-order valence-electron chi connectivity index (χ2n) is 6.33. The van der Waals surface area contributed by atoms with E-state index in [1.165, 1.54) is 12.1 Å². The molecule has 0 saturated heterocycles. The molecule has 0 unspecified atom stereocenters. The zero-order chi connectivity index (χ0) is 21.1. The van der Waals surface area contributed by atoms with Crippen LogP contribution in [0.3, 0.4) is 0 Å². The van der Waals surface area contributed by atoms with Gasteiger partial charge in [-0.25, -0.2) is 8.42 Å².